The molecule has 7 heteroatoms. The van der Waals surface area contributed by atoms with Crippen molar-refractivity contribution in [2.45, 2.75) is 30.3 Å². The van der Waals surface area contributed by atoms with Crippen molar-refractivity contribution in [3.05, 3.63) is 41.7 Å². The molecule has 1 aliphatic heterocycles. The van der Waals surface area contributed by atoms with Crippen LogP contribution in [0.15, 0.2) is 35.4 Å². The third-order valence-corrected chi connectivity index (χ3v) is 5.46. The predicted octanol–water partition coefficient (Wildman–Crippen LogP) is 2.81. The number of aromatic nitrogens is 2. The maximum Gasteiger partial charge on any atom is 0.274 e. The molecule has 1 aromatic heterocycles. The van der Waals surface area contributed by atoms with Gasteiger partial charge in [-0.15, -0.1) is 11.8 Å². The molecule has 0 aliphatic carbocycles. The number of carbonyl (C=O) groups is 1. The minimum atomic E-state index is -0.0690. The van der Waals surface area contributed by atoms with Crippen molar-refractivity contribution in [1.29, 1.82) is 0 Å². The first-order valence-corrected chi connectivity index (χ1v) is 10.1. The molecule has 3 rings (SSSR count). The van der Waals surface area contributed by atoms with Crippen LogP contribution in [0.5, 0.6) is 5.75 Å². The number of rotatable bonds is 6. The minimum absolute atomic E-state index is 0.0690. The van der Waals surface area contributed by atoms with Gasteiger partial charge in [0.15, 0.2) is 0 Å². The number of nitrogens with one attached hydrogen (secondary N) is 1. The van der Waals surface area contributed by atoms with Crippen molar-refractivity contribution in [2.24, 2.45) is 0 Å². The van der Waals surface area contributed by atoms with Gasteiger partial charge < -0.3 is 15.0 Å². The van der Waals surface area contributed by atoms with Crippen LogP contribution in [0.2, 0.25) is 0 Å². The zero-order valence-electron chi connectivity index (χ0n) is 15.6. The van der Waals surface area contributed by atoms with Crippen LogP contribution in [-0.4, -0.2) is 54.1 Å². The van der Waals surface area contributed by atoms with E-state index in [1.165, 1.54) is 0 Å². The van der Waals surface area contributed by atoms with E-state index in [0.717, 1.165) is 42.1 Å². The Morgan fingerprint density at radius 1 is 1.46 bits per heavy atom. The molecule has 1 aromatic carbocycles. The van der Waals surface area contributed by atoms with Crippen LogP contribution in [0.25, 0.3) is 0 Å². The number of amides is 1. The lowest BCUT2D eigenvalue weighted by atomic mass is 10.1. The molecule has 1 saturated heterocycles. The van der Waals surface area contributed by atoms with Crippen molar-refractivity contribution in [1.82, 2.24) is 20.0 Å². The second kappa shape index (κ2) is 8.60. The summed E-state index contributed by atoms with van der Waals surface area (Å²) in [6.07, 6.45) is 6.17. The highest BCUT2D eigenvalue weighted by atomic mass is 32.2. The first-order chi connectivity index (χ1) is 12.6. The molecule has 0 bridgehead atoms. The molecule has 1 amide bonds. The van der Waals surface area contributed by atoms with E-state index in [9.17, 15) is 4.79 Å². The molecule has 1 fully saturated rings. The van der Waals surface area contributed by atoms with Crippen LogP contribution < -0.4 is 10.1 Å². The molecular weight excluding hydrogens is 348 g/mol. The summed E-state index contributed by atoms with van der Waals surface area (Å²) in [6.45, 7) is 2.49. The summed E-state index contributed by atoms with van der Waals surface area (Å²) >= 11 is 1.64. The number of carbonyl (C=O) groups excluding carboxylic acids is 1. The van der Waals surface area contributed by atoms with Crippen LogP contribution in [0.3, 0.4) is 0 Å². The van der Waals surface area contributed by atoms with Gasteiger partial charge in [-0.3, -0.25) is 9.48 Å². The lowest BCUT2D eigenvalue weighted by molar-refractivity contribution is 0.0777. The van der Waals surface area contributed by atoms with Gasteiger partial charge in [0.05, 0.1) is 13.2 Å². The standard InChI is InChI=1S/C19H26N4O2S/c1-22(13-14-6-7-18(26-3)17(11-14)25-2)19(24)16-8-10-23(21-16)15-5-4-9-20-12-15/h6-8,10-11,15,20H,4-5,9,12-13H2,1-3H3. The summed E-state index contributed by atoms with van der Waals surface area (Å²) in [6, 6.07) is 8.19. The molecule has 0 radical (unpaired) electrons. The van der Waals surface area contributed by atoms with Gasteiger partial charge in [-0.1, -0.05) is 6.07 Å². The van der Waals surface area contributed by atoms with Crippen LogP contribution >= 0.6 is 11.8 Å². The Morgan fingerprint density at radius 3 is 3.00 bits per heavy atom. The summed E-state index contributed by atoms with van der Waals surface area (Å²) < 4.78 is 7.35. The Bertz CT molecular complexity index is 756. The average Bonchev–Trinajstić information content (AvgIpc) is 3.18. The summed E-state index contributed by atoms with van der Waals surface area (Å²) in [5, 5.41) is 7.89. The number of hydrogen-bond acceptors (Lipinski definition) is 5. The van der Waals surface area contributed by atoms with Gasteiger partial charge in [-0.05, 0) is 49.4 Å². The van der Waals surface area contributed by atoms with Gasteiger partial charge >= 0.3 is 0 Å². The molecule has 0 spiro atoms. The summed E-state index contributed by atoms with van der Waals surface area (Å²) in [7, 11) is 3.47. The topological polar surface area (TPSA) is 59.4 Å². The fraction of sp³-hybridized carbons (Fsp3) is 0.474. The number of benzene rings is 1. The van der Waals surface area contributed by atoms with Crippen LogP contribution in [0, 0.1) is 0 Å². The van der Waals surface area contributed by atoms with Crippen LogP contribution in [-0.2, 0) is 6.54 Å². The van der Waals surface area contributed by atoms with E-state index in [4.69, 9.17) is 4.74 Å². The fourth-order valence-corrected chi connectivity index (χ4v) is 3.78. The maximum absolute atomic E-state index is 12.7. The number of methoxy groups -OCH3 is 1. The minimum Gasteiger partial charge on any atom is -0.496 e. The van der Waals surface area contributed by atoms with Crippen molar-refractivity contribution >= 4 is 17.7 Å². The molecule has 6 nitrogen and oxygen atoms in total. The molecule has 1 unspecified atom stereocenters. The average molecular weight is 375 g/mol. The van der Waals surface area contributed by atoms with E-state index in [0.29, 0.717) is 18.3 Å². The highest BCUT2D eigenvalue weighted by Gasteiger charge is 2.20. The Labute approximate surface area is 158 Å². The molecule has 1 atom stereocenters. The third-order valence-electron chi connectivity index (χ3n) is 4.69. The largest absolute Gasteiger partial charge is 0.496 e. The molecule has 2 heterocycles. The molecule has 140 valence electrons. The zero-order chi connectivity index (χ0) is 18.5. The summed E-state index contributed by atoms with van der Waals surface area (Å²) in [4.78, 5) is 15.5. The van der Waals surface area contributed by atoms with Crippen molar-refractivity contribution in [3.8, 4) is 5.75 Å². The Balaban J connectivity index is 1.67. The van der Waals surface area contributed by atoms with Gasteiger partial charge in [0.2, 0.25) is 0 Å². The molecule has 1 aliphatic rings. The SMILES string of the molecule is COc1cc(CN(C)C(=O)c2ccn(C3CCCNC3)n2)ccc1SC. The number of hydrogen-bond donors (Lipinski definition) is 1. The maximum atomic E-state index is 12.7. The first kappa shape index (κ1) is 18.8. The zero-order valence-corrected chi connectivity index (χ0v) is 16.4. The van der Waals surface area contributed by atoms with Gasteiger partial charge in [-0.2, -0.15) is 5.10 Å². The smallest absolute Gasteiger partial charge is 0.274 e. The number of thioether (sulfide) groups is 1. The monoisotopic (exact) mass is 374 g/mol. The van der Waals surface area contributed by atoms with E-state index in [1.807, 2.05) is 41.4 Å². The van der Waals surface area contributed by atoms with Crippen LogP contribution in [0.4, 0.5) is 0 Å². The Morgan fingerprint density at radius 2 is 2.31 bits per heavy atom. The number of piperidine rings is 1. The summed E-state index contributed by atoms with van der Waals surface area (Å²) in [5.41, 5.74) is 1.53. The number of nitrogens with zero attached hydrogens (tertiary/aromatic N) is 3. The van der Waals surface area contributed by atoms with Gasteiger partial charge in [0.1, 0.15) is 11.4 Å². The van der Waals surface area contributed by atoms with E-state index in [2.05, 4.69) is 10.4 Å². The molecule has 26 heavy (non-hydrogen) atoms. The molecule has 0 saturated carbocycles. The van der Waals surface area contributed by atoms with E-state index in [1.54, 1.807) is 30.8 Å². The lowest BCUT2D eigenvalue weighted by Gasteiger charge is -2.23. The number of ether oxygens (including phenoxy) is 1. The van der Waals surface area contributed by atoms with Gasteiger partial charge in [-0.25, -0.2) is 0 Å². The summed E-state index contributed by atoms with van der Waals surface area (Å²) in [5.74, 6) is 0.769. The normalized spacial score (nSPS) is 17.1. The second-order valence-corrected chi connectivity index (χ2v) is 7.38. The Kier molecular flexibility index (Phi) is 6.21. The van der Waals surface area contributed by atoms with Crippen LogP contribution in [0.1, 0.15) is 34.9 Å². The fourth-order valence-electron chi connectivity index (χ4n) is 3.23. The van der Waals surface area contributed by atoms with Gasteiger partial charge in [0.25, 0.3) is 5.91 Å². The highest BCUT2D eigenvalue weighted by molar-refractivity contribution is 7.98. The van der Waals surface area contributed by atoms with Gasteiger partial charge in [0, 0.05) is 31.2 Å². The van der Waals surface area contributed by atoms with Crippen molar-refractivity contribution in [2.75, 3.05) is 33.5 Å². The first-order valence-electron chi connectivity index (χ1n) is 8.84. The van der Waals surface area contributed by atoms with E-state index >= 15 is 0 Å². The molecule has 2 aromatic rings. The van der Waals surface area contributed by atoms with Crippen molar-refractivity contribution in [3.63, 3.8) is 0 Å². The lowest BCUT2D eigenvalue weighted by Crippen LogP contribution is -2.32. The Hall–Kier alpha value is -1.99. The second-order valence-electron chi connectivity index (χ2n) is 6.53. The molecular formula is C19H26N4O2S. The predicted molar refractivity (Wildman–Crippen MR) is 104 cm³/mol. The third kappa shape index (κ3) is 4.22. The van der Waals surface area contributed by atoms with E-state index in [-0.39, 0.29) is 5.91 Å². The van der Waals surface area contributed by atoms with E-state index < -0.39 is 0 Å². The highest BCUT2D eigenvalue weighted by Crippen LogP contribution is 2.28. The quantitative estimate of drug-likeness (QED) is 0.788. The van der Waals surface area contributed by atoms with Crippen molar-refractivity contribution < 1.29 is 9.53 Å². The molecule has 1 N–H and O–H groups in total.